The zero-order valence-electron chi connectivity index (χ0n) is 16.4. The SMILES string of the molecule is Cc1sc2ncn(CC(=O)N(C(C)C)C(C)C)c(=O)c2c1-c1ccccc1. The van der Waals surface area contributed by atoms with E-state index in [1.54, 1.807) is 4.90 Å². The number of aromatic nitrogens is 2. The van der Waals surface area contributed by atoms with E-state index >= 15 is 0 Å². The van der Waals surface area contributed by atoms with Gasteiger partial charge in [-0.25, -0.2) is 4.98 Å². The highest BCUT2D eigenvalue weighted by Crippen LogP contribution is 2.35. The van der Waals surface area contributed by atoms with Gasteiger partial charge in [0.15, 0.2) is 0 Å². The zero-order valence-corrected chi connectivity index (χ0v) is 17.2. The molecule has 2 aromatic heterocycles. The topological polar surface area (TPSA) is 55.2 Å². The van der Waals surface area contributed by atoms with E-state index in [9.17, 15) is 9.59 Å². The predicted octanol–water partition coefficient (Wildman–Crippen LogP) is 4.08. The Labute approximate surface area is 163 Å². The fourth-order valence-corrected chi connectivity index (χ4v) is 4.61. The minimum Gasteiger partial charge on any atom is -0.336 e. The van der Waals surface area contributed by atoms with Crippen molar-refractivity contribution in [2.45, 2.75) is 53.2 Å². The standard InChI is InChI=1S/C21H25N3O2S/c1-13(2)24(14(3)4)17(25)11-23-12-22-20-19(21(23)26)18(15(5)27-20)16-9-7-6-8-10-16/h6-10,12-14H,11H2,1-5H3. The Balaban J connectivity index is 2.08. The molecule has 142 valence electrons. The van der Waals surface area contributed by atoms with E-state index in [2.05, 4.69) is 4.98 Å². The van der Waals surface area contributed by atoms with E-state index in [1.165, 1.54) is 22.2 Å². The molecule has 0 bridgehead atoms. The molecule has 27 heavy (non-hydrogen) atoms. The summed E-state index contributed by atoms with van der Waals surface area (Å²) >= 11 is 1.51. The summed E-state index contributed by atoms with van der Waals surface area (Å²) in [6.07, 6.45) is 1.49. The third-order valence-electron chi connectivity index (χ3n) is 4.62. The van der Waals surface area contributed by atoms with Crippen molar-refractivity contribution in [2.24, 2.45) is 0 Å². The van der Waals surface area contributed by atoms with Crippen LogP contribution in [0.2, 0.25) is 0 Å². The molecule has 3 aromatic rings. The van der Waals surface area contributed by atoms with Crippen molar-refractivity contribution in [1.29, 1.82) is 0 Å². The first-order valence-corrected chi connectivity index (χ1v) is 9.98. The normalized spacial score (nSPS) is 11.5. The first kappa shape index (κ1) is 19.3. The Kier molecular flexibility index (Phi) is 5.46. The van der Waals surface area contributed by atoms with Crippen LogP contribution in [0, 0.1) is 6.92 Å². The summed E-state index contributed by atoms with van der Waals surface area (Å²) < 4.78 is 1.43. The molecule has 0 saturated carbocycles. The summed E-state index contributed by atoms with van der Waals surface area (Å²) in [5, 5.41) is 0.597. The molecule has 0 aliphatic rings. The van der Waals surface area contributed by atoms with E-state index < -0.39 is 0 Å². The Morgan fingerprint density at radius 3 is 2.37 bits per heavy atom. The van der Waals surface area contributed by atoms with Crippen LogP contribution >= 0.6 is 11.3 Å². The summed E-state index contributed by atoms with van der Waals surface area (Å²) in [7, 11) is 0. The third kappa shape index (κ3) is 3.67. The fraction of sp³-hybridized carbons (Fsp3) is 0.381. The summed E-state index contributed by atoms with van der Waals surface area (Å²) in [5.74, 6) is -0.0727. The summed E-state index contributed by atoms with van der Waals surface area (Å²) in [4.78, 5) is 34.0. The molecule has 5 nitrogen and oxygen atoms in total. The second kappa shape index (κ2) is 7.64. The molecule has 0 radical (unpaired) electrons. The van der Waals surface area contributed by atoms with Crippen molar-refractivity contribution >= 4 is 27.5 Å². The number of fused-ring (bicyclic) bond motifs is 1. The molecular formula is C21H25N3O2S. The van der Waals surface area contributed by atoms with Gasteiger partial charge in [-0.05, 0) is 40.2 Å². The van der Waals surface area contributed by atoms with E-state index in [0.29, 0.717) is 10.2 Å². The predicted molar refractivity (Wildman–Crippen MR) is 111 cm³/mol. The van der Waals surface area contributed by atoms with Gasteiger partial charge in [0, 0.05) is 22.5 Å². The van der Waals surface area contributed by atoms with Gasteiger partial charge >= 0.3 is 0 Å². The molecule has 6 heteroatoms. The number of benzene rings is 1. The minimum atomic E-state index is -0.163. The van der Waals surface area contributed by atoms with Crippen LogP contribution in [-0.4, -0.2) is 32.4 Å². The Bertz CT molecular complexity index is 1010. The third-order valence-corrected chi connectivity index (χ3v) is 5.64. The van der Waals surface area contributed by atoms with Gasteiger partial charge in [-0.2, -0.15) is 0 Å². The first-order valence-electron chi connectivity index (χ1n) is 9.16. The lowest BCUT2D eigenvalue weighted by molar-refractivity contribution is -0.135. The molecule has 0 saturated heterocycles. The van der Waals surface area contributed by atoms with E-state index in [-0.39, 0.29) is 30.1 Å². The second-order valence-electron chi connectivity index (χ2n) is 7.25. The molecule has 0 aliphatic heterocycles. The number of thiophene rings is 1. The molecule has 0 unspecified atom stereocenters. The molecule has 1 amide bonds. The average molecular weight is 384 g/mol. The average Bonchev–Trinajstić information content (AvgIpc) is 2.94. The van der Waals surface area contributed by atoms with Crippen LogP contribution in [0.25, 0.3) is 21.3 Å². The lowest BCUT2D eigenvalue weighted by atomic mass is 10.0. The Morgan fingerprint density at radius 1 is 1.15 bits per heavy atom. The molecule has 1 aromatic carbocycles. The molecule has 0 N–H and O–H groups in total. The van der Waals surface area contributed by atoms with Crippen LogP contribution in [-0.2, 0) is 11.3 Å². The van der Waals surface area contributed by atoms with Gasteiger partial charge in [-0.15, -0.1) is 11.3 Å². The van der Waals surface area contributed by atoms with Gasteiger partial charge in [0.25, 0.3) is 5.56 Å². The molecule has 0 atom stereocenters. The van der Waals surface area contributed by atoms with Crippen molar-refractivity contribution < 1.29 is 4.79 Å². The smallest absolute Gasteiger partial charge is 0.263 e. The van der Waals surface area contributed by atoms with Crippen LogP contribution in [0.4, 0.5) is 0 Å². The highest BCUT2D eigenvalue weighted by atomic mass is 32.1. The molecule has 0 aliphatic carbocycles. The monoisotopic (exact) mass is 383 g/mol. The zero-order chi connectivity index (χ0) is 19.7. The van der Waals surface area contributed by atoms with E-state index in [4.69, 9.17) is 0 Å². The van der Waals surface area contributed by atoms with E-state index in [1.807, 2.05) is 65.0 Å². The number of rotatable bonds is 5. The quantitative estimate of drug-likeness (QED) is 0.667. The van der Waals surface area contributed by atoms with Gasteiger partial charge in [-0.1, -0.05) is 30.3 Å². The second-order valence-corrected chi connectivity index (χ2v) is 8.45. The van der Waals surface area contributed by atoms with Crippen LogP contribution in [0.1, 0.15) is 32.6 Å². The number of hydrogen-bond acceptors (Lipinski definition) is 4. The van der Waals surface area contributed by atoms with Gasteiger partial charge in [-0.3, -0.25) is 14.2 Å². The summed E-state index contributed by atoms with van der Waals surface area (Å²) in [5.41, 5.74) is 1.75. The number of carbonyl (C=O) groups is 1. The lowest BCUT2D eigenvalue weighted by Crippen LogP contribution is -2.44. The summed E-state index contributed by atoms with van der Waals surface area (Å²) in [6.45, 7) is 9.94. The maximum absolute atomic E-state index is 13.2. The van der Waals surface area contributed by atoms with Crippen LogP contribution in [0.3, 0.4) is 0 Å². The van der Waals surface area contributed by atoms with Gasteiger partial charge in [0.1, 0.15) is 11.4 Å². The first-order chi connectivity index (χ1) is 12.8. The Morgan fingerprint density at radius 2 is 1.78 bits per heavy atom. The minimum absolute atomic E-state index is 0.00125. The van der Waals surface area contributed by atoms with Crippen LogP contribution < -0.4 is 5.56 Å². The number of aryl methyl sites for hydroxylation is 1. The molecule has 2 heterocycles. The van der Waals surface area contributed by atoms with Gasteiger partial charge in [0.05, 0.1) is 11.7 Å². The largest absolute Gasteiger partial charge is 0.336 e. The number of nitrogens with zero attached hydrogens (tertiary/aromatic N) is 3. The number of carbonyl (C=O) groups excluding carboxylic acids is 1. The molecule has 3 rings (SSSR count). The summed E-state index contributed by atoms with van der Waals surface area (Å²) in [6, 6.07) is 10.0. The van der Waals surface area contributed by atoms with Gasteiger partial charge < -0.3 is 4.90 Å². The molecule has 0 spiro atoms. The van der Waals surface area contributed by atoms with Crippen molar-refractivity contribution in [3.8, 4) is 11.1 Å². The Hall–Kier alpha value is -2.47. The van der Waals surface area contributed by atoms with Crippen LogP contribution in [0.15, 0.2) is 41.5 Å². The number of amides is 1. The van der Waals surface area contributed by atoms with Gasteiger partial charge in [0.2, 0.25) is 5.91 Å². The number of hydrogen-bond donors (Lipinski definition) is 0. The maximum Gasteiger partial charge on any atom is 0.263 e. The highest BCUT2D eigenvalue weighted by molar-refractivity contribution is 7.19. The van der Waals surface area contributed by atoms with E-state index in [0.717, 1.165) is 16.0 Å². The maximum atomic E-state index is 13.2. The van der Waals surface area contributed by atoms with Crippen molar-refractivity contribution in [3.63, 3.8) is 0 Å². The van der Waals surface area contributed by atoms with Crippen molar-refractivity contribution in [3.05, 3.63) is 51.9 Å². The van der Waals surface area contributed by atoms with Crippen molar-refractivity contribution in [1.82, 2.24) is 14.5 Å². The highest BCUT2D eigenvalue weighted by Gasteiger charge is 2.22. The van der Waals surface area contributed by atoms with Crippen LogP contribution in [0.5, 0.6) is 0 Å². The fourth-order valence-electron chi connectivity index (χ4n) is 3.60. The lowest BCUT2D eigenvalue weighted by Gasteiger charge is -2.31. The molecule has 0 fully saturated rings. The van der Waals surface area contributed by atoms with Crippen molar-refractivity contribution in [2.75, 3.05) is 0 Å². The molecular weight excluding hydrogens is 358 g/mol.